The summed E-state index contributed by atoms with van der Waals surface area (Å²) in [6, 6.07) is 11.2. The molecule has 1 fully saturated rings. The van der Waals surface area contributed by atoms with Gasteiger partial charge in [-0.2, -0.15) is 0 Å². The van der Waals surface area contributed by atoms with Crippen LogP contribution >= 0.6 is 11.6 Å². The highest BCUT2D eigenvalue weighted by Crippen LogP contribution is 2.22. The molecule has 0 unspecified atom stereocenters. The molecular weight excluding hydrogens is 350 g/mol. The molecule has 3 aromatic rings. The van der Waals surface area contributed by atoms with Crippen LogP contribution in [0.25, 0.3) is 5.65 Å². The molecule has 4 rings (SSSR count). The third kappa shape index (κ3) is 3.25. The largest absolute Gasteiger partial charge is 0.368 e. The molecule has 1 aliphatic rings. The second-order valence-electron chi connectivity index (χ2n) is 6.48. The number of nitrogens with one attached hydrogen (secondary N) is 1. The fourth-order valence-electron chi connectivity index (χ4n) is 3.14. The molecule has 1 N–H and O–H groups in total. The van der Waals surface area contributed by atoms with E-state index in [-0.39, 0.29) is 5.91 Å². The summed E-state index contributed by atoms with van der Waals surface area (Å²) in [6.45, 7) is 4.00. The number of rotatable bonds is 3. The van der Waals surface area contributed by atoms with Crippen LogP contribution in [0.15, 0.2) is 48.8 Å². The Balaban J connectivity index is 1.62. The third-order valence-electron chi connectivity index (χ3n) is 4.71. The number of nitrogens with zero attached hydrogens (tertiary/aromatic N) is 4. The fourth-order valence-corrected chi connectivity index (χ4v) is 3.32. The second-order valence-corrected chi connectivity index (χ2v) is 6.89. The minimum absolute atomic E-state index is 0.235. The van der Waals surface area contributed by atoms with E-state index in [9.17, 15) is 4.79 Å². The number of imidazole rings is 1. The number of amides is 1. The molecular formula is C19H20ClN5O. The van der Waals surface area contributed by atoms with Gasteiger partial charge in [-0.05, 0) is 31.3 Å². The van der Waals surface area contributed by atoms with Crippen LogP contribution in [-0.2, 0) is 0 Å². The van der Waals surface area contributed by atoms with Crippen LogP contribution in [0.3, 0.4) is 0 Å². The second kappa shape index (κ2) is 6.97. The number of halogens is 1. The van der Waals surface area contributed by atoms with Crippen LogP contribution < -0.4 is 10.2 Å². The minimum atomic E-state index is -0.235. The maximum Gasteiger partial charge on any atom is 0.274 e. The van der Waals surface area contributed by atoms with Gasteiger partial charge in [-0.25, -0.2) is 4.98 Å². The molecule has 0 saturated carbocycles. The van der Waals surface area contributed by atoms with Gasteiger partial charge in [0, 0.05) is 32.4 Å². The van der Waals surface area contributed by atoms with Crippen LogP contribution in [0.2, 0.25) is 5.02 Å². The lowest BCUT2D eigenvalue weighted by molar-refractivity contribution is 0.102. The maximum atomic E-state index is 12.7. The summed E-state index contributed by atoms with van der Waals surface area (Å²) >= 11 is 6.14. The van der Waals surface area contributed by atoms with Crippen LogP contribution in [0, 0.1) is 0 Å². The summed E-state index contributed by atoms with van der Waals surface area (Å²) in [6.07, 6.45) is 3.57. The molecule has 1 saturated heterocycles. The van der Waals surface area contributed by atoms with Crippen LogP contribution in [0.1, 0.15) is 10.5 Å². The summed E-state index contributed by atoms with van der Waals surface area (Å²) in [5, 5.41) is 3.36. The van der Waals surface area contributed by atoms with Gasteiger partial charge in [-0.15, -0.1) is 0 Å². The summed E-state index contributed by atoms with van der Waals surface area (Å²) in [7, 11) is 2.13. The highest BCUT2D eigenvalue weighted by molar-refractivity contribution is 6.33. The number of carbonyl (C=O) groups is 1. The van der Waals surface area contributed by atoms with Crippen molar-refractivity contribution in [3.8, 4) is 0 Å². The van der Waals surface area contributed by atoms with Crippen molar-refractivity contribution >= 4 is 34.5 Å². The first-order valence-corrected chi connectivity index (χ1v) is 8.96. The molecule has 1 aromatic carbocycles. The SMILES string of the molecule is CN1CCN(c2ccc3ncc(C(=O)Nc4ccccc4Cl)n3c2)CC1. The number of piperazine rings is 1. The molecule has 26 heavy (non-hydrogen) atoms. The Labute approximate surface area is 157 Å². The molecule has 0 radical (unpaired) electrons. The number of hydrogen-bond donors (Lipinski definition) is 1. The molecule has 6 nitrogen and oxygen atoms in total. The lowest BCUT2D eigenvalue weighted by Gasteiger charge is -2.34. The molecule has 0 aliphatic carbocycles. The predicted octanol–water partition coefficient (Wildman–Crippen LogP) is 2.99. The van der Waals surface area contributed by atoms with E-state index in [4.69, 9.17) is 11.6 Å². The monoisotopic (exact) mass is 369 g/mol. The minimum Gasteiger partial charge on any atom is -0.368 e. The number of pyridine rings is 1. The van der Waals surface area contributed by atoms with Gasteiger partial charge in [-0.3, -0.25) is 9.20 Å². The number of carbonyl (C=O) groups excluding carboxylic acids is 1. The number of likely N-dealkylation sites (N-methyl/N-ethyl adjacent to an activating group) is 1. The number of benzene rings is 1. The van der Waals surface area contributed by atoms with E-state index in [1.807, 2.05) is 28.8 Å². The topological polar surface area (TPSA) is 52.9 Å². The molecule has 134 valence electrons. The predicted molar refractivity (Wildman–Crippen MR) is 104 cm³/mol. The lowest BCUT2D eigenvalue weighted by atomic mass is 10.3. The van der Waals surface area contributed by atoms with E-state index < -0.39 is 0 Å². The Morgan fingerprint density at radius 1 is 1.12 bits per heavy atom. The van der Waals surface area contributed by atoms with Gasteiger partial charge >= 0.3 is 0 Å². The molecule has 2 aromatic heterocycles. The van der Waals surface area contributed by atoms with E-state index in [1.54, 1.807) is 18.3 Å². The Bertz CT molecular complexity index is 946. The molecule has 0 bridgehead atoms. The van der Waals surface area contributed by atoms with E-state index >= 15 is 0 Å². The van der Waals surface area contributed by atoms with Gasteiger partial charge in [0.2, 0.25) is 0 Å². The van der Waals surface area contributed by atoms with Crippen molar-refractivity contribution < 1.29 is 4.79 Å². The molecule has 0 spiro atoms. The van der Waals surface area contributed by atoms with Crippen LogP contribution in [-0.4, -0.2) is 53.4 Å². The summed E-state index contributed by atoms with van der Waals surface area (Å²) < 4.78 is 1.83. The van der Waals surface area contributed by atoms with Crippen molar-refractivity contribution in [2.75, 3.05) is 43.4 Å². The number of hydrogen-bond acceptors (Lipinski definition) is 4. The van der Waals surface area contributed by atoms with Crippen molar-refractivity contribution in [2.45, 2.75) is 0 Å². The molecule has 0 atom stereocenters. The number of aromatic nitrogens is 2. The number of anilines is 2. The molecule has 1 amide bonds. The quantitative estimate of drug-likeness (QED) is 0.771. The van der Waals surface area contributed by atoms with Gasteiger partial charge in [0.25, 0.3) is 5.91 Å². The van der Waals surface area contributed by atoms with Gasteiger partial charge < -0.3 is 15.1 Å². The lowest BCUT2D eigenvalue weighted by Crippen LogP contribution is -2.44. The maximum absolute atomic E-state index is 12.7. The highest BCUT2D eigenvalue weighted by Gasteiger charge is 2.17. The zero-order valence-electron chi connectivity index (χ0n) is 14.5. The normalized spacial score (nSPS) is 15.4. The van der Waals surface area contributed by atoms with E-state index in [1.165, 1.54) is 0 Å². The Morgan fingerprint density at radius 3 is 2.65 bits per heavy atom. The third-order valence-corrected chi connectivity index (χ3v) is 5.04. The number of fused-ring (bicyclic) bond motifs is 1. The average molecular weight is 370 g/mol. The highest BCUT2D eigenvalue weighted by atomic mass is 35.5. The Hall–Kier alpha value is -2.57. The zero-order chi connectivity index (χ0) is 18.1. The van der Waals surface area contributed by atoms with E-state index in [2.05, 4.69) is 33.2 Å². The first-order chi connectivity index (χ1) is 12.6. The van der Waals surface area contributed by atoms with Gasteiger partial charge in [0.1, 0.15) is 11.3 Å². The molecule has 3 heterocycles. The Morgan fingerprint density at radius 2 is 1.88 bits per heavy atom. The summed E-state index contributed by atoms with van der Waals surface area (Å²) in [5.74, 6) is -0.235. The molecule has 7 heteroatoms. The van der Waals surface area contributed by atoms with Gasteiger partial charge in [-0.1, -0.05) is 23.7 Å². The fraction of sp³-hybridized carbons (Fsp3) is 0.263. The summed E-state index contributed by atoms with van der Waals surface area (Å²) in [5.41, 5.74) is 2.91. The van der Waals surface area contributed by atoms with Crippen molar-refractivity contribution in [3.05, 3.63) is 59.5 Å². The van der Waals surface area contributed by atoms with Crippen molar-refractivity contribution in [3.63, 3.8) is 0 Å². The average Bonchev–Trinajstić information content (AvgIpc) is 3.07. The van der Waals surface area contributed by atoms with E-state index in [0.29, 0.717) is 16.4 Å². The standard InChI is InChI=1S/C19H20ClN5O/c1-23-8-10-24(11-9-23)14-6-7-18-21-12-17(25(18)13-14)19(26)22-16-5-3-2-4-15(16)20/h2-7,12-13H,8-11H2,1H3,(H,22,26). The molecule has 1 aliphatic heterocycles. The zero-order valence-corrected chi connectivity index (χ0v) is 15.3. The van der Waals surface area contributed by atoms with E-state index in [0.717, 1.165) is 37.5 Å². The smallest absolute Gasteiger partial charge is 0.274 e. The van der Waals surface area contributed by atoms with Crippen LogP contribution in [0.5, 0.6) is 0 Å². The first-order valence-electron chi connectivity index (χ1n) is 8.58. The first kappa shape index (κ1) is 16.9. The number of para-hydroxylation sites is 1. The van der Waals surface area contributed by atoms with Crippen molar-refractivity contribution in [1.29, 1.82) is 0 Å². The van der Waals surface area contributed by atoms with Gasteiger partial charge in [0.05, 0.1) is 22.6 Å². The Kier molecular flexibility index (Phi) is 4.53. The van der Waals surface area contributed by atoms with Crippen molar-refractivity contribution in [2.24, 2.45) is 0 Å². The van der Waals surface area contributed by atoms with Crippen LogP contribution in [0.4, 0.5) is 11.4 Å². The van der Waals surface area contributed by atoms with Gasteiger partial charge in [0.15, 0.2) is 0 Å². The summed E-state index contributed by atoms with van der Waals surface area (Å²) in [4.78, 5) is 21.7. The van der Waals surface area contributed by atoms with Crippen molar-refractivity contribution in [1.82, 2.24) is 14.3 Å².